The van der Waals surface area contributed by atoms with E-state index in [1.165, 1.54) is 128 Å². The second-order valence-corrected chi connectivity index (χ2v) is 16.7. The van der Waals surface area contributed by atoms with Gasteiger partial charge in [-0.2, -0.15) is 0 Å². The minimum Gasteiger partial charge on any atom is -0.462 e. The van der Waals surface area contributed by atoms with Crippen molar-refractivity contribution in [2.45, 2.75) is 258 Å². The van der Waals surface area contributed by atoms with Crippen LogP contribution in [0.2, 0.25) is 0 Å². The van der Waals surface area contributed by atoms with E-state index in [0.29, 0.717) is 19.3 Å². The first kappa shape index (κ1) is 56.4. The van der Waals surface area contributed by atoms with Crippen LogP contribution in [-0.2, 0) is 28.6 Å². The highest BCUT2D eigenvalue weighted by atomic mass is 16.6. The van der Waals surface area contributed by atoms with E-state index < -0.39 is 6.10 Å². The Kier molecular flexibility index (Phi) is 45.9. The van der Waals surface area contributed by atoms with Gasteiger partial charge in [-0.05, 0) is 64.2 Å². The van der Waals surface area contributed by atoms with Gasteiger partial charge in [0, 0.05) is 19.3 Å². The molecule has 0 aliphatic carbocycles. The summed E-state index contributed by atoms with van der Waals surface area (Å²) in [4.78, 5) is 37.8. The number of hydrogen-bond donors (Lipinski definition) is 0. The molecule has 0 radical (unpaired) electrons. The van der Waals surface area contributed by atoms with E-state index in [1.807, 2.05) is 0 Å². The molecule has 0 N–H and O–H groups in total. The van der Waals surface area contributed by atoms with Crippen LogP contribution in [0.25, 0.3) is 0 Å². The lowest BCUT2D eigenvalue weighted by Crippen LogP contribution is -2.30. The maximum absolute atomic E-state index is 12.8. The highest BCUT2D eigenvalue weighted by Gasteiger charge is 2.19. The standard InChI is InChI=1S/C53H94O6/c1-4-7-10-13-16-19-22-23-24-25-26-27-28-29-32-35-38-41-44-47-53(56)59-50(48-57-51(54)45-42-39-36-33-30-20-17-14-11-8-5-2)49-58-52(55)46-43-40-37-34-31-21-18-15-12-9-6-3/h16,19,23-24,26-27,29,32,50H,4-15,17-18,20-22,25,28,30-31,33-49H2,1-3H3/b19-16-,24-23-,27-26-,32-29-. The smallest absolute Gasteiger partial charge is 0.306 e. The van der Waals surface area contributed by atoms with Crippen molar-refractivity contribution in [2.75, 3.05) is 13.2 Å². The maximum Gasteiger partial charge on any atom is 0.306 e. The first-order valence-corrected chi connectivity index (χ1v) is 25.1. The molecule has 342 valence electrons. The average Bonchev–Trinajstić information content (AvgIpc) is 3.23. The quantitative estimate of drug-likeness (QED) is 0.0263. The summed E-state index contributed by atoms with van der Waals surface area (Å²) in [6.07, 6.45) is 56.6. The molecule has 0 heterocycles. The number of allylic oxidation sites excluding steroid dienone is 8. The SMILES string of the molecule is CCCCC/C=C\C/C=C\C/C=C\C/C=C\CCCCCC(=O)OC(COC(=O)CCCCCCCCCCCCC)COC(=O)CCCCCCCCCCCCC. The Bertz CT molecular complexity index is 1000. The van der Waals surface area contributed by atoms with Crippen LogP contribution in [0.5, 0.6) is 0 Å². The fourth-order valence-corrected chi connectivity index (χ4v) is 7.01. The Morgan fingerprint density at radius 2 is 0.610 bits per heavy atom. The van der Waals surface area contributed by atoms with Crippen LogP contribution in [0, 0.1) is 0 Å². The lowest BCUT2D eigenvalue weighted by Gasteiger charge is -2.18. The molecule has 0 aromatic rings. The molecular weight excluding hydrogens is 733 g/mol. The number of hydrogen-bond acceptors (Lipinski definition) is 6. The first-order valence-electron chi connectivity index (χ1n) is 25.1. The zero-order chi connectivity index (χ0) is 43.0. The summed E-state index contributed by atoms with van der Waals surface area (Å²) in [7, 11) is 0. The van der Waals surface area contributed by atoms with Gasteiger partial charge in [-0.1, -0.05) is 217 Å². The number of unbranched alkanes of at least 4 members (excludes halogenated alkanes) is 26. The van der Waals surface area contributed by atoms with E-state index in [9.17, 15) is 14.4 Å². The Morgan fingerprint density at radius 1 is 0.339 bits per heavy atom. The van der Waals surface area contributed by atoms with Gasteiger partial charge >= 0.3 is 17.9 Å². The average molecular weight is 827 g/mol. The molecule has 0 aliphatic heterocycles. The first-order chi connectivity index (χ1) is 29.0. The molecule has 0 amide bonds. The Hall–Kier alpha value is -2.63. The summed E-state index contributed by atoms with van der Waals surface area (Å²) in [6.45, 7) is 6.57. The summed E-state index contributed by atoms with van der Waals surface area (Å²) < 4.78 is 16.7. The van der Waals surface area contributed by atoms with E-state index in [4.69, 9.17) is 14.2 Å². The number of esters is 3. The van der Waals surface area contributed by atoms with Crippen molar-refractivity contribution < 1.29 is 28.6 Å². The second kappa shape index (κ2) is 48.0. The van der Waals surface area contributed by atoms with E-state index >= 15 is 0 Å². The molecule has 0 unspecified atom stereocenters. The van der Waals surface area contributed by atoms with E-state index in [2.05, 4.69) is 69.4 Å². The summed E-state index contributed by atoms with van der Waals surface area (Å²) in [5.74, 6) is -0.909. The van der Waals surface area contributed by atoms with Gasteiger partial charge in [0.2, 0.25) is 0 Å². The van der Waals surface area contributed by atoms with Gasteiger partial charge in [0.25, 0.3) is 0 Å². The summed E-state index contributed by atoms with van der Waals surface area (Å²) >= 11 is 0. The predicted octanol–water partition coefficient (Wildman–Crippen LogP) is 16.3. The van der Waals surface area contributed by atoms with Crippen LogP contribution in [0.1, 0.15) is 252 Å². The van der Waals surface area contributed by atoms with Crippen molar-refractivity contribution in [3.8, 4) is 0 Å². The molecule has 0 saturated heterocycles. The van der Waals surface area contributed by atoms with Crippen molar-refractivity contribution in [3.63, 3.8) is 0 Å². The van der Waals surface area contributed by atoms with Gasteiger partial charge in [-0.15, -0.1) is 0 Å². The van der Waals surface area contributed by atoms with Crippen LogP contribution in [0.3, 0.4) is 0 Å². The van der Waals surface area contributed by atoms with E-state index in [1.54, 1.807) is 0 Å². The third-order valence-corrected chi connectivity index (χ3v) is 10.8. The molecule has 0 fully saturated rings. The minimum atomic E-state index is -0.784. The van der Waals surface area contributed by atoms with Crippen LogP contribution in [0.4, 0.5) is 0 Å². The van der Waals surface area contributed by atoms with Crippen molar-refractivity contribution >= 4 is 17.9 Å². The van der Waals surface area contributed by atoms with Gasteiger partial charge in [-0.25, -0.2) is 0 Å². The zero-order valence-corrected chi connectivity index (χ0v) is 39.0. The highest BCUT2D eigenvalue weighted by Crippen LogP contribution is 2.15. The van der Waals surface area contributed by atoms with Crippen LogP contribution >= 0.6 is 0 Å². The normalized spacial score (nSPS) is 11.9. The van der Waals surface area contributed by atoms with E-state index in [-0.39, 0.29) is 31.1 Å². The second-order valence-electron chi connectivity index (χ2n) is 16.7. The zero-order valence-electron chi connectivity index (χ0n) is 39.0. The van der Waals surface area contributed by atoms with Gasteiger partial charge in [0.15, 0.2) is 6.10 Å². The largest absolute Gasteiger partial charge is 0.462 e. The molecule has 6 heteroatoms. The summed E-state index contributed by atoms with van der Waals surface area (Å²) in [5, 5.41) is 0. The number of ether oxygens (including phenoxy) is 3. The number of rotatable bonds is 45. The summed E-state index contributed by atoms with van der Waals surface area (Å²) in [6, 6.07) is 0. The van der Waals surface area contributed by atoms with Crippen LogP contribution in [0.15, 0.2) is 48.6 Å². The molecular formula is C53H94O6. The van der Waals surface area contributed by atoms with Gasteiger partial charge in [0.1, 0.15) is 13.2 Å². The van der Waals surface area contributed by atoms with E-state index in [0.717, 1.165) is 83.5 Å². The Morgan fingerprint density at radius 3 is 0.983 bits per heavy atom. The Balaban J connectivity index is 4.40. The molecule has 0 spiro atoms. The molecule has 0 bridgehead atoms. The molecule has 59 heavy (non-hydrogen) atoms. The monoisotopic (exact) mass is 827 g/mol. The lowest BCUT2D eigenvalue weighted by molar-refractivity contribution is -0.167. The fraction of sp³-hybridized carbons (Fsp3) is 0.792. The summed E-state index contributed by atoms with van der Waals surface area (Å²) in [5.41, 5.74) is 0. The van der Waals surface area contributed by atoms with Crippen LogP contribution in [-0.4, -0.2) is 37.2 Å². The van der Waals surface area contributed by atoms with Crippen LogP contribution < -0.4 is 0 Å². The molecule has 0 rings (SSSR count). The van der Waals surface area contributed by atoms with Crippen molar-refractivity contribution in [3.05, 3.63) is 48.6 Å². The molecule has 0 aliphatic rings. The van der Waals surface area contributed by atoms with Gasteiger partial charge < -0.3 is 14.2 Å². The van der Waals surface area contributed by atoms with Gasteiger partial charge in [0.05, 0.1) is 0 Å². The topological polar surface area (TPSA) is 78.9 Å². The number of carbonyl (C=O) groups excluding carboxylic acids is 3. The van der Waals surface area contributed by atoms with Crippen molar-refractivity contribution in [1.29, 1.82) is 0 Å². The maximum atomic E-state index is 12.8. The molecule has 6 nitrogen and oxygen atoms in total. The third-order valence-electron chi connectivity index (χ3n) is 10.8. The molecule has 0 aromatic carbocycles. The lowest BCUT2D eigenvalue weighted by atomic mass is 10.1. The fourth-order valence-electron chi connectivity index (χ4n) is 7.01. The van der Waals surface area contributed by atoms with Gasteiger partial charge in [-0.3, -0.25) is 14.4 Å². The van der Waals surface area contributed by atoms with Crippen molar-refractivity contribution in [2.24, 2.45) is 0 Å². The molecule has 0 atom stereocenters. The Labute approximate surface area is 365 Å². The molecule has 0 aromatic heterocycles. The minimum absolute atomic E-state index is 0.0829. The van der Waals surface area contributed by atoms with Crippen molar-refractivity contribution in [1.82, 2.24) is 0 Å². The number of carbonyl (C=O) groups is 3. The highest BCUT2D eigenvalue weighted by molar-refractivity contribution is 5.71. The third kappa shape index (κ3) is 46.3. The molecule has 0 saturated carbocycles. The predicted molar refractivity (Wildman–Crippen MR) is 252 cm³/mol.